The highest BCUT2D eigenvalue weighted by Gasteiger charge is 2.16. The molecule has 0 aliphatic rings. The molecule has 10 heteroatoms. The Kier molecular flexibility index (Phi) is 10.6. The van der Waals surface area contributed by atoms with Crippen LogP contribution in [0.2, 0.25) is 5.28 Å². The van der Waals surface area contributed by atoms with Gasteiger partial charge < -0.3 is 20.7 Å². The number of esters is 1. The molecule has 208 valence electrons. The Morgan fingerprint density at radius 1 is 0.872 bits per heavy atom. The first-order chi connectivity index (χ1) is 18.6. The number of nitrogens with one attached hydrogen (secondary N) is 3. The van der Waals surface area contributed by atoms with Crippen LogP contribution < -0.4 is 16.0 Å². The van der Waals surface area contributed by atoms with Crippen molar-refractivity contribution in [3.05, 3.63) is 64.9 Å². The summed E-state index contributed by atoms with van der Waals surface area (Å²) in [6.07, 6.45) is 4.32. The Morgan fingerprint density at radius 2 is 1.41 bits per heavy atom. The van der Waals surface area contributed by atoms with E-state index in [4.69, 9.17) is 16.3 Å². The van der Waals surface area contributed by atoms with Crippen LogP contribution in [0, 0.1) is 5.92 Å². The maximum absolute atomic E-state index is 12.5. The minimum Gasteiger partial charge on any atom is -0.462 e. The maximum Gasteiger partial charge on any atom is 0.338 e. The van der Waals surface area contributed by atoms with Crippen molar-refractivity contribution in [1.82, 2.24) is 20.3 Å². The van der Waals surface area contributed by atoms with Crippen molar-refractivity contribution in [1.29, 1.82) is 0 Å². The molecule has 0 spiro atoms. The Hall–Kier alpha value is -3.72. The van der Waals surface area contributed by atoms with E-state index in [-0.39, 0.29) is 34.6 Å². The minimum absolute atomic E-state index is 0.00456. The molecule has 3 aromatic rings. The Bertz CT molecular complexity index is 1240. The van der Waals surface area contributed by atoms with Crippen molar-refractivity contribution in [2.24, 2.45) is 5.92 Å². The fourth-order valence-electron chi connectivity index (χ4n) is 3.70. The molecular weight excluding hydrogens is 516 g/mol. The lowest BCUT2D eigenvalue weighted by atomic mass is 10.0. The van der Waals surface area contributed by atoms with Crippen LogP contribution in [0.5, 0.6) is 0 Å². The molecule has 0 bridgehead atoms. The van der Waals surface area contributed by atoms with Gasteiger partial charge in [-0.25, -0.2) is 4.79 Å². The van der Waals surface area contributed by atoms with Crippen LogP contribution in [0.15, 0.2) is 48.5 Å². The van der Waals surface area contributed by atoms with Crippen LogP contribution in [-0.4, -0.2) is 39.0 Å². The lowest BCUT2D eigenvalue weighted by Gasteiger charge is -2.20. The third-order valence-corrected chi connectivity index (χ3v) is 6.04. The molecule has 0 fully saturated rings. The molecule has 0 aliphatic carbocycles. The number of rotatable bonds is 12. The Balaban J connectivity index is 1.60. The van der Waals surface area contributed by atoms with Crippen molar-refractivity contribution >= 4 is 46.7 Å². The average molecular weight is 553 g/mol. The van der Waals surface area contributed by atoms with Gasteiger partial charge in [-0.3, -0.25) is 4.79 Å². The molecule has 1 unspecified atom stereocenters. The summed E-state index contributed by atoms with van der Waals surface area (Å²) >= 11 is 6.13. The molecule has 0 radical (unpaired) electrons. The molecule has 0 aliphatic heterocycles. The summed E-state index contributed by atoms with van der Waals surface area (Å²) in [5.74, 6) is 0.360. The second-order valence-corrected chi connectivity index (χ2v) is 10.7. The van der Waals surface area contributed by atoms with E-state index in [1.54, 1.807) is 48.5 Å². The zero-order chi connectivity index (χ0) is 28.4. The van der Waals surface area contributed by atoms with Crippen LogP contribution in [-0.2, 0) is 4.74 Å². The van der Waals surface area contributed by atoms with Gasteiger partial charge >= 0.3 is 5.97 Å². The molecule has 9 nitrogen and oxygen atoms in total. The minimum atomic E-state index is -0.340. The molecule has 39 heavy (non-hydrogen) atoms. The first-order valence-corrected chi connectivity index (χ1v) is 13.6. The number of anilines is 4. The topological polar surface area (TPSA) is 118 Å². The van der Waals surface area contributed by atoms with Gasteiger partial charge in [-0.15, -0.1) is 0 Å². The quantitative estimate of drug-likeness (QED) is 0.207. The molecule has 2 aromatic carbocycles. The monoisotopic (exact) mass is 552 g/mol. The first kappa shape index (κ1) is 29.8. The van der Waals surface area contributed by atoms with Gasteiger partial charge in [0.2, 0.25) is 17.2 Å². The summed E-state index contributed by atoms with van der Waals surface area (Å²) in [6.45, 7) is 10.5. The average Bonchev–Trinajstić information content (AvgIpc) is 2.88. The fraction of sp³-hybridized carbons (Fsp3) is 0.414. The smallest absolute Gasteiger partial charge is 0.338 e. The van der Waals surface area contributed by atoms with Crippen LogP contribution in [0.1, 0.15) is 81.0 Å². The number of aromatic nitrogens is 3. The van der Waals surface area contributed by atoms with Crippen LogP contribution in [0.4, 0.5) is 23.3 Å². The van der Waals surface area contributed by atoms with Crippen molar-refractivity contribution in [3.63, 3.8) is 0 Å². The normalized spacial score (nSPS) is 11.9. The van der Waals surface area contributed by atoms with E-state index in [0.717, 1.165) is 25.7 Å². The number of hydrogen-bond donors (Lipinski definition) is 3. The number of carbonyl (C=O) groups excluding carboxylic acids is 2. The van der Waals surface area contributed by atoms with Crippen molar-refractivity contribution in [3.8, 4) is 0 Å². The molecule has 0 saturated heterocycles. The van der Waals surface area contributed by atoms with E-state index in [1.807, 2.05) is 20.8 Å². The number of hydrogen-bond acceptors (Lipinski definition) is 8. The highest BCUT2D eigenvalue weighted by Crippen LogP contribution is 2.20. The van der Waals surface area contributed by atoms with E-state index in [9.17, 15) is 9.59 Å². The standard InChI is InChI=1S/C29H37ClN6O3/c1-6-8-9-19(7-2)18-39-25(38)21-12-16-23(17-13-21)32-28-34-26(30)33-27(35-28)31-22-14-10-20(11-15-22)24(37)36-29(3,4)5/h10-17,19H,6-9,18H2,1-5H3,(H,36,37)(H2,31,32,33,34,35). The molecule has 1 amide bonds. The van der Waals surface area contributed by atoms with Crippen LogP contribution in [0.3, 0.4) is 0 Å². The summed E-state index contributed by atoms with van der Waals surface area (Å²) in [5, 5.41) is 9.08. The van der Waals surface area contributed by atoms with Gasteiger partial charge in [-0.2, -0.15) is 15.0 Å². The van der Waals surface area contributed by atoms with Crippen LogP contribution in [0.25, 0.3) is 0 Å². The summed E-state index contributed by atoms with van der Waals surface area (Å²) in [5.41, 5.74) is 2.04. The van der Waals surface area contributed by atoms with Crippen molar-refractivity contribution in [2.75, 3.05) is 17.2 Å². The predicted molar refractivity (Wildman–Crippen MR) is 155 cm³/mol. The van der Waals surface area contributed by atoms with Crippen LogP contribution >= 0.6 is 11.6 Å². The Labute approximate surface area is 235 Å². The van der Waals surface area contributed by atoms with Gasteiger partial charge in [0.15, 0.2) is 0 Å². The highest BCUT2D eigenvalue weighted by molar-refractivity contribution is 6.28. The summed E-state index contributed by atoms with van der Waals surface area (Å²) in [6, 6.07) is 13.8. The number of benzene rings is 2. The predicted octanol–water partition coefficient (Wildman–Crippen LogP) is 6.91. The number of amides is 1. The maximum atomic E-state index is 12.5. The summed E-state index contributed by atoms with van der Waals surface area (Å²) in [4.78, 5) is 37.4. The number of nitrogens with zero attached hydrogens (tertiary/aromatic N) is 3. The lowest BCUT2D eigenvalue weighted by molar-refractivity contribution is 0.0428. The molecule has 0 saturated carbocycles. The molecule has 1 aromatic heterocycles. The van der Waals surface area contributed by atoms with Gasteiger partial charge in [-0.1, -0.05) is 33.1 Å². The molecule has 1 atom stereocenters. The number of carbonyl (C=O) groups is 2. The van der Waals surface area contributed by atoms with E-state index in [0.29, 0.717) is 35.0 Å². The summed E-state index contributed by atoms with van der Waals surface area (Å²) < 4.78 is 5.53. The third kappa shape index (κ3) is 9.83. The van der Waals surface area contributed by atoms with E-state index < -0.39 is 0 Å². The molecule has 3 N–H and O–H groups in total. The van der Waals surface area contributed by atoms with Gasteiger partial charge in [-0.05, 0) is 93.2 Å². The Morgan fingerprint density at radius 3 is 1.90 bits per heavy atom. The van der Waals surface area contributed by atoms with E-state index in [2.05, 4.69) is 44.7 Å². The second-order valence-electron chi connectivity index (χ2n) is 10.4. The third-order valence-electron chi connectivity index (χ3n) is 5.87. The zero-order valence-electron chi connectivity index (χ0n) is 23.2. The van der Waals surface area contributed by atoms with E-state index >= 15 is 0 Å². The molecular formula is C29H37ClN6O3. The van der Waals surface area contributed by atoms with Gasteiger partial charge in [0.25, 0.3) is 5.91 Å². The summed E-state index contributed by atoms with van der Waals surface area (Å²) in [7, 11) is 0. The SMILES string of the molecule is CCCCC(CC)COC(=O)c1ccc(Nc2nc(Cl)nc(Nc3ccc(C(=O)NC(C)(C)C)cc3)n2)cc1. The van der Waals surface area contributed by atoms with Crippen molar-refractivity contribution < 1.29 is 14.3 Å². The largest absolute Gasteiger partial charge is 0.462 e. The fourth-order valence-corrected chi connectivity index (χ4v) is 3.86. The number of ether oxygens (including phenoxy) is 1. The van der Waals surface area contributed by atoms with Gasteiger partial charge in [0, 0.05) is 22.5 Å². The molecule has 1 heterocycles. The van der Waals surface area contributed by atoms with Gasteiger partial charge in [0.05, 0.1) is 12.2 Å². The first-order valence-electron chi connectivity index (χ1n) is 13.2. The lowest BCUT2D eigenvalue weighted by Crippen LogP contribution is -2.40. The second kappa shape index (κ2) is 13.9. The number of halogens is 1. The zero-order valence-corrected chi connectivity index (χ0v) is 23.9. The van der Waals surface area contributed by atoms with Crippen molar-refractivity contribution in [2.45, 2.75) is 65.8 Å². The van der Waals surface area contributed by atoms with Gasteiger partial charge in [0.1, 0.15) is 0 Å². The molecule has 3 rings (SSSR count). The highest BCUT2D eigenvalue weighted by atomic mass is 35.5. The number of unbranched alkanes of at least 4 members (excludes halogenated alkanes) is 1. The van der Waals surface area contributed by atoms with E-state index in [1.165, 1.54) is 0 Å².